The lowest BCUT2D eigenvalue weighted by atomic mass is 9.86. The lowest BCUT2D eigenvalue weighted by Gasteiger charge is -2.36. The van der Waals surface area contributed by atoms with Gasteiger partial charge >= 0.3 is 0 Å². The van der Waals surface area contributed by atoms with Gasteiger partial charge in [0.2, 0.25) is 5.91 Å². The van der Waals surface area contributed by atoms with E-state index < -0.39 is 0 Å². The molecule has 0 unspecified atom stereocenters. The SMILES string of the molecule is C[C@@H]1CCCC[C@@H]1NC(=O)CNC(=S)N(Cc1ccc(F)cc1)C1CCCCC1. The lowest BCUT2D eigenvalue weighted by molar-refractivity contribution is -0.121. The summed E-state index contributed by atoms with van der Waals surface area (Å²) in [5.41, 5.74) is 1.03. The van der Waals surface area contributed by atoms with Crippen molar-refractivity contribution in [3.05, 3.63) is 35.6 Å². The molecule has 6 heteroatoms. The molecule has 1 aromatic rings. The Morgan fingerprint density at radius 3 is 2.41 bits per heavy atom. The van der Waals surface area contributed by atoms with E-state index in [2.05, 4.69) is 22.5 Å². The second kappa shape index (κ2) is 10.9. The zero-order valence-electron chi connectivity index (χ0n) is 17.5. The molecule has 2 aliphatic carbocycles. The Bertz CT molecular complexity index is 675. The number of amides is 1. The zero-order valence-corrected chi connectivity index (χ0v) is 18.3. The van der Waals surface area contributed by atoms with Crippen molar-refractivity contribution in [1.82, 2.24) is 15.5 Å². The third-order valence-corrected chi connectivity index (χ3v) is 6.78. The molecule has 160 valence electrons. The standard InChI is InChI=1S/C23H34FN3OS/c1-17-7-5-6-10-21(17)26-22(28)15-25-23(29)27(20-8-3-2-4-9-20)16-18-11-13-19(24)14-12-18/h11-14,17,20-21H,2-10,15-16H2,1H3,(H,25,29)(H,26,28)/t17-,21+/m1/s1. The van der Waals surface area contributed by atoms with Crippen molar-refractivity contribution in [2.75, 3.05) is 6.54 Å². The van der Waals surface area contributed by atoms with Gasteiger partial charge in [0.1, 0.15) is 5.82 Å². The average Bonchev–Trinajstić information content (AvgIpc) is 2.74. The number of carbonyl (C=O) groups excluding carboxylic acids is 1. The van der Waals surface area contributed by atoms with Crippen LogP contribution in [0.1, 0.15) is 70.3 Å². The van der Waals surface area contributed by atoms with Crippen molar-refractivity contribution >= 4 is 23.2 Å². The molecule has 2 N–H and O–H groups in total. The Morgan fingerprint density at radius 2 is 1.72 bits per heavy atom. The molecule has 1 amide bonds. The van der Waals surface area contributed by atoms with Crippen LogP contribution in [0, 0.1) is 11.7 Å². The van der Waals surface area contributed by atoms with Crippen LogP contribution in [0.25, 0.3) is 0 Å². The number of nitrogens with zero attached hydrogens (tertiary/aromatic N) is 1. The molecule has 0 bridgehead atoms. The van der Waals surface area contributed by atoms with Crippen LogP contribution >= 0.6 is 12.2 Å². The first-order valence-electron chi connectivity index (χ1n) is 11.1. The lowest BCUT2D eigenvalue weighted by Crippen LogP contribution is -2.50. The molecule has 4 nitrogen and oxygen atoms in total. The summed E-state index contributed by atoms with van der Waals surface area (Å²) in [5.74, 6) is 0.320. The van der Waals surface area contributed by atoms with E-state index >= 15 is 0 Å². The summed E-state index contributed by atoms with van der Waals surface area (Å²) in [4.78, 5) is 14.7. The average molecular weight is 420 g/mol. The van der Waals surface area contributed by atoms with E-state index in [1.165, 1.54) is 50.7 Å². The second-order valence-corrected chi connectivity index (χ2v) is 9.03. The predicted octanol–water partition coefficient (Wildman–Crippen LogP) is 4.53. The van der Waals surface area contributed by atoms with E-state index in [0.717, 1.165) is 24.8 Å². The molecule has 29 heavy (non-hydrogen) atoms. The van der Waals surface area contributed by atoms with E-state index in [1.54, 1.807) is 0 Å². The van der Waals surface area contributed by atoms with Crippen LogP contribution in [0.5, 0.6) is 0 Å². The van der Waals surface area contributed by atoms with E-state index in [9.17, 15) is 9.18 Å². The summed E-state index contributed by atoms with van der Waals surface area (Å²) in [7, 11) is 0. The largest absolute Gasteiger partial charge is 0.353 e. The third kappa shape index (κ3) is 6.66. The first-order chi connectivity index (χ1) is 14.0. The molecule has 3 rings (SSSR count). The van der Waals surface area contributed by atoms with Crippen LogP contribution in [0.15, 0.2) is 24.3 Å². The molecule has 0 saturated heterocycles. The predicted molar refractivity (Wildman–Crippen MR) is 119 cm³/mol. The summed E-state index contributed by atoms with van der Waals surface area (Å²) in [6, 6.07) is 7.25. The fourth-order valence-corrected chi connectivity index (χ4v) is 4.88. The minimum Gasteiger partial charge on any atom is -0.353 e. The minimum absolute atomic E-state index is 0.0106. The highest BCUT2D eigenvalue weighted by Crippen LogP contribution is 2.25. The Kier molecular flexibility index (Phi) is 8.28. The molecule has 0 radical (unpaired) electrons. The maximum absolute atomic E-state index is 13.3. The van der Waals surface area contributed by atoms with Crippen molar-refractivity contribution in [3.63, 3.8) is 0 Å². The monoisotopic (exact) mass is 419 g/mol. The molecular weight excluding hydrogens is 385 g/mol. The van der Waals surface area contributed by atoms with Gasteiger partial charge in [0.05, 0.1) is 6.54 Å². The number of carbonyl (C=O) groups is 1. The molecule has 1 aromatic carbocycles. The Labute approximate surface area is 179 Å². The quantitative estimate of drug-likeness (QED) is 0.665. The van der Waals surface area contributed by atoms with Gasteiger partial charge in [0, 0.05) is 18.6 Å². The number of halogens is 1. The van der Waals surface area contributed by atoms with Crippen molar-refractivity contribution in [2.24, 2.45) is 5.92 Å². The van der Waals surface area contributed by atoms with Gasteiger partial charge < -0.3 is 15.5 Å². The number of benzene rings is 1. The highest BCUT2D eigenvalue weighted by Gasteiger charge is 2.25. The van der Waals surface area contributed by atoms with Gasteiger partial charge in [-0.3, -0.25) is 4.79 Å². The van der Waals surface area contributed by atoms with Crippen molar-refractivity contribution in [1.29, 1.82) is 0 Å². The highest BCUT2D eigenvalue weighted by atomic mass is 32.1. The van der Waals surface area contributed by atoms with E-state index in [1.807, 2.05) is 12.1 Å². The molecule has 0 heterocycles. The third-order valence-electron chi connectivity index (χ3n) is 6.40. The fourth-order valence-electron chi connectivity index (χ4n) is 4.59. The van der Waals surface area contributed by atoms with Crippen LogP contribution in [0.2, 0.25) is 0 Å². The van der Waals surface area contributed by atoms with Crippen molar-refractivity contribution in [3.8, 4) is 0 Å². The zero-order chi connectivity index (χ0) is 20.6. The summed E-state index contributed by atoms with van der Waals surface area (Å²) in [6.45, 7) is 3.06. The minimum atomic E-state index is -0.229. The van der Waals surface area contributed by atoms with Gasteiger partial charge in [-0.1, -0.05) is 51.2 Å². The van der Waals surface area contributed by atoms with Gasteiger partial charge in [0.15, 0.2) is 5.11 Å². The van der Waals surface area contributed by atoms with Crippen LogP contribution in [-0.4, -0.2) is 34.5 Å². The van der Waals surface area contributed by atoms with E-state index in [-0.39, 0.29) is 24.3 Å². The molecule has 2 fully saturated rings. The Balaban J connectivity index is 1.56. The van der Waals surface area contributed by atoms with Gasteiger partial charge in [-0.2, -0.15) is 0 Å². The van der Waals surface area contributed by atoms with Gasteiger partial charge in [-0.05, 0) is 61.5 Å². The van der Waals surface area contributed by atoms with Gasteiger partial charge in [-0.25, -0.2) is 4.39 Å². The molecule has 0 spiro atoms. The fraction of sp³-hybridized carbons (Fsp3) is 0.652. The van der Waals surface area contributed by atoms with Gasteiger partial charge in [0.25, 0.3) is 0 Å². The van der Waals surface area contributed by atoms with Crippen LogP contribution < -0.4 is 10.6 Å². The Morgan fingerprint density at radius 1 is 1.07 bits per heavy atom. The molecule has 2 aliphatic rings. The topological polar surface area (TPSA) is 44.4 Å². The Hall–Kier alpha value is -1.69. The van der Waals surface area contributed by atoms with Gasteiger partial charge in [-0.15, -0.1) is 0 Å². The van der Waals surface area contributed by atoms with Crippen LogP contribution in [0.3, 0.4) is 0 Å². The van der Waals surface area contributed by atoms with Crippen LogP contribution in [0.4, 0.5) is 4.39 Å². The summed E-state index contributed by atoms with van der Waals surface area (Å²) >= 11 is 5.69. The maximum atomic E-state index is 13.3. The number of thiocarbonyl (C=S) groups is 1. The molecular formula is C23H34FN3OS. The summed E-state index contributed by atoms with van der Waals surface area (Å²) in [6.07, 6.45) is 10.6. The molecule has 0 aromatic heterocycles. The first-order valence-corrected chi connectivity index (χ1v) is 11.5. The summed E-state index contributed by atoms with van der Waals surface area (Å²) in [5, 5.41) is 6.98. The number of nitrogens with one attached hydrogen (secondary N) is 2. The normalized spacial score (nSPS) is 22.7. The number of rotatable bonds is 6. The first kappa shape index (κ1) is 22.0. The van der Waals surface area contributed by atoms with E-state index in [4.69, 9.17) is 12.2 Å². The second-order valence-electron chi connectivity index (χ2n) is 8.64. The highest BCUT2D eigenvalue weighted by molar-refractivity contribution is 7.80. The number of hydrogen-bond donors (Lipinski definition) is 2. The smallest absolute Gasteiger partial charge is 0.239 e. The molecule has 2 saturated carbocycles. The molecule has 2 atom stereocenters. The van der Waals surface area contributed by atoms with Crippen molar-refractivity contribution in [2.45, 2.75) is 83.3 Å². The van der Waals surface area contributed by atoms with E-state index in [0.29, 0.717) is 23.6 Å². The van der Waals surface area contributed by atoms with Crippen LogP contribution in [-0.2, 0) is 11.3 Å². The number of hydrogen-bond acceptors (Lipinski definition) is 2. The summed E-state index contributed by atoms with van der Waals surface area (Å²) < 4.78 is 13.3. The maximum Gasteiger partial charge on any atom is 0.239 e. The molecule has 0 aliphatic heterocycles. The van der Waals surface area contributed by atoms with Crippen molar-refractivity contribution < 1.29 is 9.18 Å².